The van der Waals surface area contributed by atoms with E-state index in [0.29, 0.717) is 12.2 Å². The third-order valence-electron chi connectivity index (χ3n) is 2.51. The van der Waals surface area contributed by atoms with E-state index in [1.54, 1.807) is 0 Å². The summed E-state index contributed by atoms with van der Waals surface area (Å²) in [7, 11) is -3.75. The highest BCUT2D eigenvalue weighted by molar-refractivity contribution is 7.89. The van der Waals surface area contributed by atoms with Gasteiger partial charge in [0.05, 0.1) is 11.6 Å². The van der Waals surface area contributed by atoms with Crippen molar-refractivity contribution >= 4 is 16.0 Å². The van der Waals surface area contributed by atoms with E-state index < -0.39 is 21.4 Å². The molecule has 0 aliphatic rings. The second-order valence-corrected chi connectivity index (χ2v) is 6.30. The minimum atomic E-state index is -3.75. The number of H-pyrrole nitrogens is 1. The van der Waals surface area contributed by atoms with Crippen molar-refractivity contribution in [2.75, 3.05) is 6.54 Å². The molecule has 7 nitrogen and oxygen atoms in total. The van der Waals surface area contributed by atoms with Crippen molar-refractivity contribution in [3.63, 3.8) is 0 Å². The number of carboxylic acid groups (broad SMARTS) is 1. The van der Waals surface area contributed by atoms with Gasteiger partial charge in [0.2, 0.25) is 0 Å². The monoisotopic (exact) mass is 275 g/mol. The first-order chi connectivity index (χ1) is 8.19. The first kappa shape index (κ1) is 14.7. The number of imidazole rings is 1. The van der Waals surface area contributed by atoms with Crippen LogP contribution in [0.25, 0.3) is 0 Å². The number of aryl methyl sites for hydroxylation is 1. The second kappa shape index (κ2) is 5.07. The van der Waals surface area contributed by atoms with Gasteiger partial charge < -0.3 is 10.1 Å². The molecule has 0 saturated heterocycles. The lowest BCUT2D eigenvalue weighted by molar-refractivity contribution is -0.146. The number of hydrogen-bond donors (Lipinski definition) is 3. The Morgan fingerprint density at radius 3 is 2.61 bits per heavy atom. The van der Waals surface area contributed by atoms with Gasteiger partial charge in [0, 0.05) is 13.0 Å². The zero-order valence-corrected chi connectivity index (χ0v) is 11.3. The van der Waals surface area contributed by atoms with Gasteiger partial charge >= 0.3 is 5.97 Å². The van der Waals surface area contributed by atoms with E-state index in [0.717, 1.165) is 0 Å². The molecule has 0 aliphatic heterocycles. The van der Waals surface area contributed by atoms with E-state index in [2.05, 4.69) is 14.7 Å². The standard InChI is InChI=1S/C10H17N3O4S/c1-4-7-11-5-8(13-7)18(16,17)12-6-10(2,3)9(14)15/h5,12H,4,6H2,1-3H3,(H,11,13)(H,14,15). The average molecular weight is 275 g/mol. The van der Waals surface area contributed by atoms with Crippen molar-refractivity contribution < 1.29 is 18.3 Å². The van der Waals surface area contributed by atoms with Crippen molar-refractivity contribution in [1.82, 2.24) is 14.7 Å². The van der Waals surface area contributed by atoms with Gasteiger partial charge in [0.1, 0.15) is 5.82 Å². The van der Waals surface area contributed by atoms with Crippen molar-refractivity contribution in [2.24, 2.45) is 5.41 Å². The largest absolute Gasteiger partial charge is 0.481 e. The smallest absolute Gasteiger partial charge is 0.310 e. The highest BCUT2D eigenvalue weighted by atomic mass is 32.2. The van der Waals surface area contributed by atoms with Crippen LogP contribution in [-0.2, 0) is 21.2 Å². The summed E-state index contributed by atoms with van der Waals surface area (Å²) in [5, 5.41) is 8.84. The Kier molecular flexibility index (Phi) is 4.12. The maximum Gasteiger partial charge on any atom is 0.310 e. The molecular weight excluding hydrogens is 258 g/mol. The average Bonchev–Trinajstić information content (AvgIpc) is 2.75. The Hall–Kier alpha value is -1.41. The Labute approximate surface area is 106 Å². The normalized spacial score (nSPS) is 12.6. The fourth-order valence-corrected chi connectivity index (χ4v) is 2.24. The number of nitrogens with one attached hydrogen (secondary N) is 2. The molecule has 3 N–H and O–H groups in total. The van der Waals surface area contributed by atoms with Gasteiger partial charge in [-0.3, -0.25) is 4.79 Å². The first-order valence-corrected chi connectivity index (χ1v) is 6.94. The zero-order valence-electron chi connectivity index (χ0n) is 10.5. The molecule has 0 atom stereocenters. The van der Waals surface area contributed by atoms with Crippen LogP contribution in [0, 0.1) is 5.41 Å². The molecule has 1 aromatic rings. The van der Waals surface area contributed by atoms with Gasteiger partial charge in [-0.25, -0.2) is 18.1 Å². The van der Waals surface area contributed by atoms with Crippen molar-refractivity contribution in [1.29, 1.82) is 0 Å². The summed E-state index contributed by atoms with van der Waals surface area (Å²) in [6.07, 6.45) is 1.81. The molecule has 1 rings (SSSR count). The van der Waals surface area contributed by atoms with Crippen molar-refractivity contribution in [2.45, 2.75) is 32.2 Å². The molecule has 0 bridgehead atoms. The fourth-order valence-electron chi connectivity index (χ4n) is 1.09. The molecule has 0 aliphatic carbocycles. The minimum Gasteiger partial charge on any atom is -0.481 e. The van der Waals surface area contributed by atoms with Gasteiger partial charge in [-0.1, -0.05) is 6.92 Å². The van der Waals surface area contributed by atoms with Crippen LogP contribution >= 0.6 is 0 Å². The predicted octanol–water partition coefficient (Wildman–Crippen LogP) is 0.361. The highest BCUT2D eigenvalue weighted by Crippen LogP contribution is 2.15. The van der Waals surface area contributed by atoms with E-state index in [4.69, 9.17) is 5.11 Å². The number of nitrogens with zero attached hydrogens (tertiary/aromatic N) is 1. The van der Waals surface area contributed by atoms with E-state index in [1.807, 2.05) is 6.92 Å². The third-order valence-corrected chi connectivity index (χ3v) is 3.82. The van der Waals surface area contributed by atoms with Gasteiger partial charge in [0.25, 0.3) is 10.0 Å². The molecule has 18 heavy (non-hydrogen) atoms. The summed E-state index contributed by atoms with van der Waals surface area (Å²) in [5.74, 6) is -0.503. The molecule has 8 heteroatoms. The summed E-state index contributed by atoms with van der Waals surface area (Å²) in [4.78, 5) is 17.4. The number of aromatic amines is 1. The summed E-state index contributed by atoms with van der Waals surface area (Å²) in [6, 6.07) is 0. The van der Waals surface area contributed by atoms with Crippen LogP contribution in [0.4, 0.5) is 0 Å². The number of carbonyl (C=O) groups is 1. The molecule has 0 radical (unpaired) electrons. The van der Waals surface area contributed by atoms with Gasteiger partial charge in [0.15, 0.2) is 5.03 Å². The lowest BCUT2D eigenvalue weighted by Gasteiger charge is -2.18. The van der Waals surface area contributed by atoms with E-state index in [1.165, 1.54) is 20.0 Å². The minimum absolute atomic E-state index is 0.0551. The van der Waals surface area contributed by atoms with Gasteiger partial charge in [-0.05, 0) is 13.8 Å². The Morgan fingerprint density at radius 2 is 2.17 bits per heavy atom. The van der Waals surface area contributed by atoms with Crippen LogP contribution in [0.2, 0.25) is 0 Å². The topological polar surface area (TPSA) is 112 Å². The third kappa shape index (κ3) is 3.30. The fraction of sp³-hybridized carbons (Fsp3) is 0.600. The van der Waals surface area contributed by atoms with E-state index >= 15 is 0 Å². The van der Waals surface area contributed by atoms with Crippen LogP contribution in [-0.4, -0.2) is 36.0 Å². The Bertz CT molecular complexity index is 533. The number of aromatic nitrogens is 2. The molecule has 0 spiro atoms. The van der Waals surface area contributed by atoms with Crippen LogP contribution in [0.5, 0.6) is 0 Å². The van der Waals surface area contributed by atoms with Crippen LogP contribution in [0.3, 0.4) is 0 Å². The molecular formula is C10H17N3O4S. The van der Waals surface area contributed by atoms with Crippen molar-refractivity contribution in [3.05, 3.63) is 12.0 Å². The summed E-state index contributed by atoms with van der Waals surface area (Å²) in [5.41, 5.74) is -1.17. The second-order valence-electron chi connectivity index (χ2n) is 4.56. The number of hydrogen-bond acceptors (Lipinski definition) is 4. The molecule has 0 saturated carbocycles. The summed E-state index contributed by atoms with van der Waals surface area (Å²) < 4.78 is 26.0. The maximum absolute atomic E-state index is 11.9. The molecule has 0 aromatic carbocycles. The summed E-state index contributed by atoms with van der Waals surface area (Å²) in [6.45, 7) is 4.55. The number of sulfonamides is 1. The van der Waals surface area contributed by atoms with Gasteiger partial charge in [-0.2, -0.15) is 0 Å². The maximum atomic E-state index is 11.9. The van der Waals surface area contributed by atoms with Crippen LogP contribution in [0.1, 0.15) is 26.6 Å². The van der Waals surface area contributed by atoms with E-state index in [-0.39, 0.29) is 11.6 Å². The lowest BCUT2D eigenvalue weighted by Crippen LogP contribution is -2.38. The number of aliphatic carboxylic acids is 1. The molecule has 0 amide bonds. The van der Waals surface area contributed by atoms with Crippen LogP contribution < -0.4 is 4.72 Å². The summed E-state index contributed by atoms with van der Waals surface area (Å²) >= 11 is 0. The molecule has 102 valence electrons. The molecule has 1 aromatic heterocycles. The van der Waals surface area contributed by atoms with E-state index in [9.17, 15) is 13.2 Å². The molecule has 0 fully saturated rings. The number of carboxylic acids is 1. The Morgan fingerprint density at radius 1 is 1.56 bits per heavy atom. The zero-order chi connectivity index (χ0) is 14.0. The highest BCUT2D eigenvalue weighted by Gasteiger charge is 2.29. The molecule has 1 heterocycles. The molecule has 0 unspecified atom stereocenters. The quantitative estimate of drug-likeness (QED) is 0.694. The predicted molar refractivity (Wildman–Crippen MR) is 64.6 cm³/mol. The SMILES string of the molecule is CCc1ncc(S(=O)(=O)NCC(C)(C)C(=O)O)[nH]1. The lowest BCUT2D eigenvalue weighted by atomic mass is 9.95. The Balaban J connectivity index is 2.80. The first-order valence-electron chi connectivity index (χ1n) is 5.46. The van der Waals surface area contributed by atoms with Gasteiger partial charge in [-0.15, -0.1) is 0 Å². The van der Waals surface area contributed by atoms with Crippen LogP contribution in [0.15, 0.2) is 11.2 Å². The van der Waals surface area contributed by atoms with Crippen molar-refractivity contribution in [3.8, 4) is 0 Å². The number of rotatable bonds is 6.